The van der Waals surface area contributed by atoms with Gasteiger partial charge >= 0.3 is 0 Å². The highest BCUT2D eigenvalue weighted by molar-refractivity contribution is 5.94. The normalized spacial score (nSPS) is 10.2. The van der Waals surface area contributed by atoms with Gasteiger partial charge in [0.25, 0.3) is 11.9 Å². The number of oxazole rings is 1. The van der Waals surface area contributed by atoms with Crippen molar-refractivity contribution >= 4 is 11.9 Å². The van der Waals surface area contributed by atoms with Gasteiger partial charge in [0.2, 0.25) is 0 Å². The Morgan fingerprint density at radius 2 is 1.94 bits per heavy atom. The van der Waals surface area contributed by atoms with Gasteiger partial charge in [-0.2, -0.15) is 0 Å². The number of benzene rings is 1. The molecule has 2 aromatic rings. The number of nitrogens with two attached hydrogens (primary N) is 1. The molecule has 5 nitrogen and oxygen atoms in total. The molecule has 2 rings (SSSR count). The van der Waals surface area contributed by atoms with Crippen molar-refractivity contribution < 1.29 is 9.21 Å². The van der Waals surface area contributed by atoms with E-state index >= 15 is 0 Å². The third kappa shape index (κ3) is 2.28. The SMILES string of the molecule is CN(C)C(=O)c1ccc(-c2cnc(N)o2)cc1. The topological polar surface area (TPSA) is 72.4 Å². The Balaban J connectivity index is 2.27. The molecule has 0 aliphatic rings. The number of anilines is 1. The van der Waals surface area contributed by atoms with Crippen molar-refractivity contribution in [1.29, 1.82) is 0 Å². The summed E-state index contributed by atoms with van der Waals surface area (Å²) in [5.74, 6) is 0.556. The van der Waals surface area contributed by atoms with Gasteiger partial charge in [-0.05, 0) is 12.1 Å². The highest BCUT2D eigenvalue weighted by Gasteiger charge is 2.09. The molecule has 0 aliphatic carbocycles. The monoisotopic (exact) mass is 231 g/mol. The number of amides is 1. The van der Waals surface area contributed by atoms with Crippen molar-refractivity contribution in [1.82, 2.24) is 9.88 Å². The van der Waals surface area contributed by atoms with Crippen molar-refractivity contribution in [2.24, 2.45) is 0 Å². The number of carbonyl (C=O) groups excluding carboxylic acids is 1. The fourth-order valence-corrected chi connectivity index (χ4v) is 1.46. The summed E-state index contributed by atoms with van der Waals surface area (Å²) in [5, 5.41) is 0. The summed E-state index contributed by atoms with van der Waals surface area (Å²) >= 11 is 0. The Kier molecular flexibility index (Phi) is 2.82. The van der Waals surface area contributed by atoms with Crippen LogP contribution in [-0.4, -0.2) is 29.9 Å². The van der Waals surface area contributed by atoms with Crippen LogP contribution in [0, 0.1) is 0 Å². The Morgan fingerprint density at radius 1 is 1.29 bits per heavy atom. The summed E-state index contributed by atoms with van der Waals surface area (Å²) < 4.78 is 5.19. The lowest BCUT2D eigenvalue weighted by atomic mass is 10.1. The van der Waals surface area contributed by atoms with Crippen LogP contribution in [0.15, 0.2) is 34.9 Å². The van der Waals surface area contributed by atoms with Crippen molar-refractivity contribution in [3.8, 4) is 11.3 Å². The zero-order chi connectivity index (χ0) is 12.4. The standard InChI is InChI=1S/C12H13N3O2/c1-15(2)11(16)9-5-3-8(4-6-9)10-7-14-12(13)17-10/h3-7H,1-2H3,(H2,13,14). The van der Waals surface area contributed by atoms with E-state index in [0.29, 0.717) is 11.3 Å². The zero-order valence-corrected chi connectivity index (χ0v) is 9.68. The first kappa shape index (κ1) is 11.2. The maximum Gasteiger partial charge on any atom is 0.292 e. The molecule has 17 heavy (non-hydrogen) atoms. The van der Waals surface area contributed by atoms with Gasteiger partial charge in [0.05, 0.1) is 6.20 Å². The Labute approximate surface area is 98.9 Å². The van der Waals surface area contributed by atoms with E-state index in [9.17, 15) is 4.79 Å². The van der Waals surface area contributed by atoms with Gasteiger partial charge in [-0.1, -0.05) is 12.1 Å². The van der Waals surface area contributed by atoms with Crippen molar-refractivity contribution in [3.63, 3.8) is 0 Å². The maximum atomic E-state index is 11.7. The first-order valence-corrected chi connectivity index (χ1v) is 5.11. The van der Waals surface area contributed by atoms with Gasteiger partial charge in [0.1, 0.15) is 0 Å². The predicted octanol–water partition coefficient (Wildman–Crippen LogP) is 1.63. The lowest BCUT2D eigenvalue weighted by molar-refractivity contribution is 0.0827. The average molecular weight is 231 g/mol. The number of hydrogen-bond donors (Lipinski definition) is 1. The molecule has 1 aromatic carbocycles. The average Bonchev–Trinajstić information content (AvgIpc) is 2.75. The van der Waals surface area contributed by atoms with Crippen LogP contribution in [0.2, 0.25) is 0 Å². The minimum absolute atomic E-state index is 0.0337. The smallest absolute Gasteiger partial charge is 0.292 e. The molecule has 0 saturated heterocycles. The summed E-state index contributed by atoms with van der Waals surface area (Å²) in [5.41, 5.74) is 6.86. The second kappa shape index (κ2) is 4.29. The van der Waals surface area contributed by atoms with Crippen LogP contribution in [0.1, 0.15) is 10.4 Å². The van der Waals surface area contributed by atoms with Crippen LogP contribution >= 0.6 is 0 Å². The van der Waals surface area contributed by atoms with Crippen LogP contribution in [0.3, 0.4) is 0 Å². The van der Waals surface area contributed by atoms with Crippen molar-refractivity contribution in [2.45, 2.75) is 0 Å². The Bertz CT molecular complexity index is 529. The summed E-state index contributed by atoms with van der Waals surface area (Å²) in [6, 6.07) is 7.23. The van der Waals surface area contributed by atoms with Crippen molar-refractivity contribution in [2.75, 3.05) is 19.8 Å². The zero-order valence-electron chi connectivity index (χ0n) is 9.68. The first-order valence-electron chi connectivity index (χ1n) is 5.11. The van der Waals surface area contributed by atoms with E-state index in [0.717, 1.165) is 5.56 Å². The molecule has 0 unspecified atom stereocenters. The lowest BCUT2D eigenvalue weighted by Crippen LogP contribution is -2.21. The summed E-state index contributed by atoms with van der Waals surface area (Å²) in [4.78, 5) is 17.0. The van der Waals surface area contributed by atoms with Gasteiger partial charge in [-0.15, -0.1) is 0 Å². The molecule has 0 bridgehead atoms. The van der Waals surface area contributed by atoms with Crippen molar-refractivity contribution in [3.05, 3.63) is 36.0 Å². The lowest BCUT2D eigenvalue weighted by Gasteiger charge is -2.09. The van der Waals surface area contributed by atoms with Gasteiger partial charge in [0, 0.05) is 25.2 Å². The molecular formula is C12H13N3O2. The minimum atomic E-state index is -0.0337. The largest absolute Gasteiger partial charge is 0.424 e. The van der Waals surface area contributed by atoms with E-state index in [1.54, 1.807) is 44.6 Å². The highest BCUT2D eigenvalue weighted by Crippen LogP contribution is 2.21. The number of rotatable bonds is 2. The molecule has 0 fully saturated rings. The minimum Gasteiger partial charge on any atom is -0.424 e. The van der Waals surface area contributed by atoms with Crippen LogP contribution in [-0.2, 0) is 0 Å². The molecule has 1 aromatic heterocycles. The second-order valence-electron chi connectivity index (χ2n) is 3.84. The van der Waals surface area contributed by atoms with Gasteiger partial charge in [-0.3, -0.25) is 4.79 Å². The fourth-order valence-electron chi connectivity index (χ4n) is 1.46. The van der Waals surface area contributed by atoms with E-state index in [-0.39, 0.29) is 11.9 Å². The fraction of sp³-hybridized carbons (Fsp3) is 0.167. The molecule has 0 spiro atoms. The van der Waals surface area contributed by atoms with Gasteiger partial charge < -0.3 is 15.1 Å². The number of nitrogens with zero attached hydrogens (tertiary/aromatic N) is 2. The van der Waals surface area contributed by atoms with E-state index < -0.39 is 0 Å². The molecule has 5 heteroatoms. The van der Waals surface area contributed by atoms with Crippen LogP contribution in [0.25, 0.3) is 11.3 Å². The number of carbonyl (C=O) groups is 1. The van der Waals surface area contributed by atoms with E-state index in [4.69, 9.17) is 10.2 Å². The molecule has 1 heterocycles. The summed E-state index contributed by atoms with van der Waals surface area (Å²) in [6.45, 7) is 0. The Morgan fingerprint density at radius 3 is 2.41 bits per heavy atom. The van der Waals surface area contributed by atoms with Gasteiger partial charge in [-0.25, -0.2) is 4.98 Å². The first-order chi connectivity index (χ1) is 8.08. The molecule has 2 N–H and O–H groups in total. The molecule has 0 aliphatic heterocycles. The summed E-state index contributed by atoms with van der Waals surface area (Å²) in [7, 11) is 3.43. The van der Waals surface area contributed by atoms with Crippen LogP contribution in [0.5, 0.6) is 0 Å². The molecule has 88 valence electrons. The van der Waals surface area contributed by atoms with E-state index in [1.165, 1.54) is 4.90 Å². The maximum absolute atomic E-state index is 11.7. The number of hydrogen-bond acceptors (Lipinski definition) is 4. The van der Waals surface area contributed by atoms with E-state index in [1.807, 2.05) is 0 Å². The Hall–Kier alpha value is -2.30. The quantitative estimate of drug-likeness (QED) is 0.852. The number of nitrogen functional groups attached to an aromatic ring is 1. The number of aromatic nitrogens is 1. The van der Waals surface area contributed by atoms with Crippen LogP contribution in [0.4, 0.5) is 6.01 Å². The molecule has 0 atom stereocenters. The van der Waals surface area contributed by atoms with Gasteiger partial charge in [0.15, 0.2) is 5.76 Å². The van der Waals surface area contributed by atoms with E-state index in [2.05, 4.69) is 4.98 Å². The summed E-state index contributed by atoms with van der Waals surface area (Å²) in [6.07, 6.45) is 1.55. The molecular weight excluding hydrogens is 218 g/mol. The molecule has 0 radical (unpaired) electrons. The second-order valence-corrected chi connectivity index (χ2v) is 3.84. The van der Waals surface area contributed by atoms with Crippen LogP contribution < -0.4 is 5.73 Å². The predicted molar refractivity (Wildman–Crippen MR) is 64.4 cm³/mol. The third-order valence-corrected chi connectivity index (χ3v) is 2.35. The molecule has 0 saturated carbocycles. The third-order valence-electron chi connectivity index (χ3n) is 2.35. The molecule has 1 amide bonds. The highest BCUT2D eigenvalue weighted by atomic mass is 16.4.